The Morgan fingerprint density at radius 2 is 1.60 bits per heavy atom. The van der Waals surface area contributed by atoms with Gasteiger partial charge in [-0.15, -0.1) is 0 Å². The second-order valence-corrected chi connectivity index (χ2v) is 6.08. The van der Waals surface area contributed by atoms with Crippen LogP contribution in [0.3, 0.4) is 0 Å². The zero-order valence-corrected chi connectivity index (χ0v) is 12.6. The van der Waals surface area contributed by atoms with E-state index in [0.717, 1.165) is 22.4 Å². The van der Waals surface area contributed by atoms with Crippen LogP contribution in [0.25, 0.3) is 0 Å². The Balaban J connectivity index is 2.34. The lowest BCUT2D eigenvalue weighted by Gasteiger charge is -2.25. The number of ether oxygens (including phenoxy) is 1. The van der Waals surface area contributed by atoms with Crippen LogP contribution in [0.5, 0.6) is 5.75 Å². The highest BCUT2D eigenvalue weighted by atomic mass is 16.6. The van der Waals surface area contributed by atoms with E-state index in [1.807, 2.05) is 49.4 Å². The summed E-state index contributed by atoms with van der Waals surface area (Å²) < 4.78 is 5.84. The molecule has 0 radical (unpaired) electrons. The van der Waals surface area contributed by atoms with Gasteiger partial charge in [0.1, 0.15) is 5.75 Å². The van der Waals surface area contributed by atoms with Crippen molar-refractivity contribution in [1.29, 1.82) is 0 Å². The van der Waals surface area contributed by atoms with Crippen molar-refractivity contribution in [3.63, 3.8) is 0 Å². The van der Waals surface area contributed by atoms with Crippen LogP contribution in [0.2, 0.25) is 0 Å². The average Bonchev–Trinajstić information content (AvgIpc) is 2.40. The van der Waals surface area contributed by atoms with Crippen LogP contribution < -0.4 is 4.74 Å². The quantitative estimate of drug-likeness (QED) is 0.840. The second-order valence-electron chi connectivity index (χ2n) is 6.08. The minimum Gasteiger partial charge on any atom is -0.460 e. The van der Waals surface area contributed by atoms with Gasteiger partial charge in [-0.3, -0.25) is 0 Å². The van der Waals surface area contributed by atoms with E-state index in [1.165, 1.54) is 0 Å². The molecule has 2 heteroatoms. The highest BCUT2D eigenvalue weighted by Gasteiger charge is 2.22. The number of para-hydroxylation sites is 1. The molecule has 0 aliphatic heterocycles. The molecule has 0 spiro atoms. The smallest absolute Gasteiger partial charge is 0.224 e. The zero-order chi connectivity index (χ0) is 14.8. The van der Waals surface area contributed by atoms with Crippen LogP contribution in [0.15, 0.2) is 48.5 Å². The first-order valence-corrected chi connectivity index (χ1v) is 6.89. The minimum atomic E-state index is -0.946. The average molecular weight is 270 g/mol. The number of aryl methyl sites for hydroxylation is 1. The topological polar surface area (TPSA) is 29.5 Å². The number of benzene rings is 2. The second kappa shape index (κ2) is 5.68. The monoisotopic (exact) mass is 270 g/mol. The van der Waals surface area contributed by atoms with Gasteiger partial charge < -0.3 is 9.84 Å². The lowest BCUT2D eigenvalue weighted by atomic mass is 9.85. The van der Waals surface area contributed by atoms with Crippen LogP contribution in [0, 0.1) is 6.92 Å². The maximum Gasteiger partial charge on any atom is 0.224 e. The molecule has 0 saturated heterocycles. The molecule has 20 heavy (non-hydrogen) atoms. The molecule has 0 heterocycles. The molecule has 2 aromatic carbocycles. The largest absolute Gasteiger partial charge is 0.460 e. The van der Waals surface area contributed by atoms with Crippen LogP contribution in [-0.4, -0.2) is 5.11 Å². The summed E-state index contributed by atoms with van der Waals surface area (Å²) in [5.74, 6) is 0.774. The Morgan fingerprint density at radius 3 is 2.20 bits per heavy atom. The number of hydrogen-bond acceptors (Lipinski definition) is 2. The molecule has 0 amide bonds. The molecule has 1 atom stereocenters. The molecule has 0 aliphatic rings. The SMILES string of the molecule is Cc1cccc(C(C)(C)C)c1OC(O)c1ccccc1. The highest BCUT2D eigenvalue weighted by Crippen LogP contribution is 2.35. The van der Waals surface area contributed by atoms with E-state index in [9.17, 15) is 5.11 Å². The van der Waals surface area contributed by atoms with Crippen molar-refractivity contribution in [2.45, 2.75) is 39.4 Å². The molecule has 0 bridgehead atoms. The lowest BCUT2D eigenvalue weighted by Crippen LogP contribution is -2.16. The fourth-order valence-electron chi connectivity index (χ4n) is 2.20. The van der Waals surface area contributed by atoms with Gasteiger partial charge in [0.25, 0.3) is 0 Å². The normalized spacial score (nSPS) is 13.1. The Hall–Kier alpha value is -1.80. The number of hydrogen-bond donors (Lipinski definition) is 1. The summed E-state index contributed by atoms with van der Waals surface area (Å²) in [4.78, 5) is 0. The zero-order valence-electron chi connectivity index (χ0n) is 12.6. The summed E-state index contributed by atoms with van der Waals surface area (Å²) >= 11 is 0. The van der Waals surface area contributed by atoms with Crippen LogP contribution >= 0.6 is 0 Å². The number of aliphatic hydroxyl groups is 1. The van der Waals surface area contributed by atoms with E-state index in [1.54, 1.807) is 0 Å². The van der Waals surface area contributed by atoms with Crippen molar-refractivity contribution in [2.24, 2.45) is 0 Å². The van der Waals surface area contributed by atoms with Gasteiger partial charge in [-0.1, -0.05) is 69.3 Å². The van der Waals surface area contributed by atoms with Gasteiger partial charge >= 0.3 is 0 Å². The first-order chi connectivity index (χ1) is 9.39. The fraction of sp³-hybridized carbons (Fsp3) is 0.333. The molecule has 106 valence electrons. The Labute approximate surface area is 121 Å². The summed E-state index contributed by atoms with van der Waals surface area (Å²) in [7, 11) is 0. The van der Waals surface area contributed by atoms with Gasteiger partial charge in [-0.05, 0) is 23.5 Å². The molecule has 0 aliphatic carbocycles. The van der Waals surface area contributed by atoms with Gasteiger partial charge in [-0.2, -0.15) is 0 Å². The predicted octanol–water partition coefficient (Wildman–Crippen LogP) is 4.36. The van der Waals surface area contributed by atoms with E-state index in [4.69, 9.17) is 4.74 Å². The maximum atomic E-state index is 10.3. The molecule has 2 aromatic rings. The van der Waals surface area contributed by atoms with E-state index in [0.29, 0.717) is 0 Å². The van der Waals surface area contributed by atoms with Crippen LogP contribution in [0.4, 0.5) is 0 Å². The van der Waals surface area contributed by atoms with Crippen LogP contribution in [0.1, 0.15) is 43.8 Å². The fourth-order valence-corrected chi connectivity index (χ4v) is 2.20. The first kappa shape index (κ1) is 14.6. The highest BCUT2D eigenvalue weighted by molar-refractivity contribution is 5.44. The maximum absolute atomic E-state index is 10.3. The van der Waals surface area contributed by atoms with Gasteiger partial charge in [0, 0.05) is 5.56 Å². The summed E-state index contributed by atoms with van der Waals surface area (Å²) in [6.45, 7) is 8.43. The minimum absolute atomic E-state index is 0.0300. The van der Waals surface area contributed by atoms with Gasteiger partial charge in [0.2, 0.25) is 6.29 Å². The lowest BCUT2D eigenvalue weighted by molar-refractivity contribution is -0.0211. The number of aliphatic hydroxyl groups excluding tert-OH is 1. The van der Waals surface area contributed by atoms with Crippen molar-refractivity contribution >= 4 is 0 Å². The molecule has 0 saturated carbocycles. The molecule has 2 nitrogen and oxygen atoms in total. The molecule has 2 rings (SSSR count). The summed E-state index contributed by atoms with van der Waals surface area (Å²) in [5.41, 5.74) is 2.87. The van der Waals surface area contributed by atoms with Gasteiger partial charge in [0.15, 0.2) is 0 Å². The summed E-state index contributed by atoms with van der Waals surface area (Å²) in [6.07, 6.45) is -0.946. The standard InChI is InChI=1S/C18H22O2/c1-13-9-8-12-15(18(2,3)4)16(13)20-17(19)14-10-6-5-7-11-14/h5-12,17,19H,1-4H3. The van der Waals surface area contributed by atoms with Crippen molar-refractivity contribution in [3.05, 3.63) is 65.2 Å². The Bertz CT molecular complexity index is 568. The van der Waals surface area contributed by atoms with Gasteiger partial charge in [-0.25, -0.2) is 0 Å². The number of rotatable bonds is 3. The van der Waals surface area contributed by atoms with Crippen molar-refractivity contribution in [3.8, 4) is 5.75 Å². The first-order valence-electron chi connectivity index (χ1n) is 6.89. The molecule has 1 N–H and O–H groups in total. The third kappa shape index (κ3) is 3.20. The molecule has 0 fully saturated rings. The van der Waals surface area contributed by atoms with Gasteiger partial charge in [0.05, 0.1) is 0 Å². The van der Waals surface area contributed by atoms with E-state index < -0.39 is 6.29 Å². The van der Waals surface area contributed by atoms with E-state index in [-0.39, 0.29) is 5.41 Å². The molecule has 0 aromatic heterocycles. The molecular formula is C18H22O2. The third-order valence-electron chi connectivity index (χ3n) is 3.33. The van der Waals surface area contributed by atoms with Crippen molar-refractivity contribution in [2.75, 3.05) is 0 Å². The summed E-state index contributed by atoms with van der Waals surface area (Å²) in [5, 5.41) is 10.3. The Kier molecular flexibility index (Phi) is 4.15. The Morgan fingerprint density at radius 1 is 0.950 bits per heavy atom. The van der Waals surface area contributed by atoms with E-state index in [2.05, 4.69) is 26.8 Å². The van der Waals surface area contributed by atoms with Crippen LogP contribution in [-0.2, 0) is 5.41 Å². The molecule has 1 unspecified atom stereocenters. The van der Waals surface area contributed by atoms with Crippen molar-refractivity contribution in [1.82, 2.24) is 0 Å². The third-order valence-corrected chi connectivity index (χ3v) is 3.33. The predicted molar refractivity (Wildman–Crippen MR) is 81.9 cm³/mol. The van der Waals surface area contributed by atoms with Crippen molar-refractivity contribution < 1.29 is 9.84 Å². The molecular weight excluding hydrogens is 248 g/mol. The van der Waals surface area contributed by atoms with E-state index >= 15 is 0 Å². The summed E-state index contributed by atoms with van der Waals surface area (Å²) in [6, 6.07) is 15.5.